The Morgan fingerprint density at radius 3 is 2.58 bits per heavy atom. The highest BCUT2D eigenvalue weighted by molar-refractivity contribution is 5.89. The minimum atomic E-state index is -1.77. The number of hydrogen-bond donors (Lipinski definition) is 3. The maximum Gasteiger partial charge on any atom is 0.340 e. The molecule has 2 rings (SSSR count). The van der Waals surface area contributed by atoms with Gasteiger partial charge in [-0.1, -0.05) is 18.2 Å². The number of rotatable bonds is 3. The zero-order valence-electron chi connectivity index (χ0n) is 10.4. The lowest BCUT2D eigenvalue weighted by molar-refractivity contribution is -0.172. The molecule has 0 aliphatic carbocycles. The van der Waals surface area contributed by atoms with Gasteiger partial charge in [0.15, 0.2) is 5.60 Å². The minimum Gasteiger partial charge on any atom is -0.429 e. The van der Waals surface area contributed by atoms with E-state index in [1.54, 1.807) is 30.3 Å². The fraction of sp³-hybridized carbons (Fsp3) is 0.462. The average molecular weight is 268 g/mol. The van der Waals surface area contributed by atoms with Crippen LogP contribution in [0.3, 0.4) is 0 Å². The van der Waals surface area contributed by atoms with E-state index < -0.39 is 36.7 Å². The van der Waals surface area contributed by atoms with Crippen LogP contribution in [0.15, 0.2) is 30.3 Å². The predicted octanol–water partition coefficient (Wildman–Crippen LogP) is -0.328. The Morgan fingerprint density at radius 1 is 1.42 bits per heavy atom. The third-order valence-electron chi connectivity index (χ3n) is 3.13. The number of aliphatic hydroxyl groups is 3. The van der Waals surface area contributed by atoms with E-state index in [0.717, 1.165) is 0 Å². The van der Waals surface area contributed by atoms with E-state index in [2.05, 4.69) is 0 Å². The van der Waals surface area contributed by atoms with Gasteiger partial charge in [-0.25, -0.2) is 4.79 Å². The van der Waals surface area contributed by atoms with Gasteiger partial charge in [-0.05, 0) is 19.1 Å². The summed E-state index contributed by atoms with van der Waals surface area (Å²) in [5.41, 5.74) is -1.46. The van der Waals surface area contributed by atoms with Crippen LogP contribution in [0, 0.1) is 0 Å². The normalized spacial score (nSPS) is 34.2. The van der Waals surface area contributed by atoms with Gasteiger partial charge in [-0.15, -0.1) is 0 Å². The maximum absolute atomic E-state index is 11.8. The average Bonchev–Trinajstić information content (AvgIpc) is 2.63. The van der Waals surface area contributed by atoms with Crippen LogP contribution in [0.5, 0.6) is 0 Å². The van der Waals surface area contributed by atoms with Crippen molar-refractivity contribution in [2.75, 3.05) is 6.61 Å². The summed E-state index contributed by atoms with van der Waals surface area (Å²) in [7, 11) is 0. The Hall–Kier alpha value is -1.47. The fourth-order valence-corrected chi connectivity index (χ4v) is 1.92. The van der Waals surface area contributed by atoms with Gasteiger partial charge >= 0.3 is 5.97 Å². The van der Waals surface area contributed by atoms with Crippen molar-refractivity contribution in [2.45, 2.75) is 31.0 Å². The number of esters is 1. The zero-order chi connectivity index (χ0) is 14.0. The van der Waals surface area contributed by atoms with E-state index >= 15 is 0 Å². The van der Waals surface area contributed by atoms with Crippen LogP contribution in [-0.4, -0.2) is 52.0 Å². The number of benzene rings is 1. The van der Waals surface area contributed by atoms with Crippen molar-refractivity contribution in [2.24, 2.45) is 0 Å². The van der Waals surface area contributed by atoms with Gasteiger partial charge in [0, 0.05) is 0 Å². The summed E-state index contributed by atoms with van der Waals surface area (Å²) in [5, 5.41) is 28.8. The number of carbonyl (C=O) groups is 1. The van der Waals surface area contributed by atoms with Crippen molar-refractivity contribution in [3.63, 3.8) is 0 Å². The molecule has 3 N–H and O–H groups in total. The quantitative estimate of drug-likeness (QED) is 0.650. The van der Waals surface area contributed by atoms with Gasteiger partial charge in [0.25, 0.3) is 0 Å². The SMILES string of the molecule is C[C@]1(O)[C@H](OC(=O)c2ccccc2)O[C@H](CO)[C@H]1O. The van der Waals surface area contributed by atoms with Crippen LogP contribution in [0.2, 0.25) is 0 Å². The van der Waals surface area contributed by atoms with Gasteiger partial charge in [0.2, 0.25) is 6.29 Å². The molecule has 0 saturated carbocycles. The molecular formula is C13H16O6. The smallest absolute Gasteiger partial charge is 0.340 e. The van der Waals surface area contributed by atoms with E-state index in [4.69, 9.17) is 14.6 Å². The number of hydrogen-bond acceptors (Lipinski definition) is 6. The van der Waals surface area contributed by atoms with E-state index in [1.165, 1.54) is 6.92 Å². The summed E-state index contributed by atoms with van der Waals surface area (Å²) < 4.78 is 10.2. The molecule has 1 saturated heterocycles. The predicted molar refractivity (Wildman–Crippen MR) is 64.2 cm³/mol. The lowest BCUT2D eigenvalue weighted by Crippen LogP contribution is -2.47. The topological polar surface area (TPSA) is 96.2 Å². The van der Waals surface area contributed by atoms with Crippen molar-refractivity contribution in [1.29, 1.82) is 0 Å². The van der Waals surface area contributed by atoms with E-state index in [0.29, 0.717) is 5.56 Å². The Balaban J connectivity index is 2.09. The molecule has 1 aliphatic rings. The molecule has 0 unspecified atom stereocenters. The standard InChI is InChI=1S/C13H16O6/c1-13(17)10(15)9(7-14)18-12(13)19-11(16)8-5-3-2-4-6-8/h2-6,9-10,12,14-15,17H,7H2,1H3/t9-,10-,12+,13-/m1/s1. The van der Waals surface area contributed by atoms with Crippen molar-refractivity contribution >= 4 is 5.97 Å². The number of ether oxygens (including phenoxy) is 2. The highest BCUT2D eigenvalue weighted by Crippen LogP contribution is 2.32. The Bertz CT molecular complexity index is 444. The molecule has 0 radical (unpaired) electrons. The third kappa shape index (κ3) is 2.62. The lowest BCUT2D eigenvalue weighted by Gasteiger charge is -2.25. The fourth-order valence-electron chi connectivity index (χ4n) is 1.92. The highest BCUT2D eigenvalue weighted by Gasteiger charge is 2.54. The molecule has 6 nitrogen and oxygen atoms in total. The molecule has 0 amide bonds. The second-order valence-electron chi connectivity index (χ2n) is 4.63. The molecule has 1 aromatic carbocycles. The van der Waals surface area contributed by atoms with E-state index in [-0.39, 0.29) is 0 Å². The van der Waals surface area contributed by atoms with Crippen LogP contribution >= 0.6 is 0 Å². The molecule has 0 spiro atoms. The first-order chi connectivity index (χ1) is 8.96. The van der Waals surface area contributed by atoms with Gasteiger partial charge in [0.05, 0.1) is 12.2 Å². The summed E-state index contributed by atoms with van der Waals surface area (Å²) >= 11 is 0. The number of carbonyl (C=O) groups excluding carboxylic acids is 1. The van der Waals surface area contributed by atoms with Crippen LogP contribution in [0.4, 0.5) is 0 Å². The van der Waals surface area contributed by atoms with E-state index in [1.807, 2.05) is 0 Å². The summed E-state index contributed by atoms with van der Waals surface area (Å²) in [6.07, 6.45) is -3.64. The first kappa shape index (κ1) is 14.0. The molecule has 1 heterocycles. The Morgan fingerprint density at radius 2 is 2.05 bits per heavy atom. The van der Waals surface area contributed by atoms with Gasteiger partial charge in [-0.3, -0.25) is 0 Å². The maximum atomic E-state index is 11.8. The molecule has 1 aliphatic heterocycles. The van der Waals surface area contributed by atoms with Gasteiger partial charge in [-0.2, -0.15) is 0 Å². The number of aliphatic hydroxyl groups excluding tert-OH is 2. The van der Waals surface area contributed by atoms with Crippen molar-refractivity contribution in [3.8, 4) is 0 Å². The molecule has 0 bridgehead atoms. The zero-order valence-corrected chi connectivity index (χ0v) is 10.4. The van der Waals surface area contributed by atoms with Crippen LogP contribution in [0.1, 0.15) is 17.3 Å². The second-order valence-corrected chi connectivity index (χ2v) is 4.63. The summed E-state index contributed by atoms with van der Waals surface area (Å²) in [6.45, 7) is 0.812. The lowest BCUT2D eigenvalue weighted by atomic mass is 9.98. The Labute approximate surface area is 110 Å². The third-order valence-corrected chi connectivity index (χ3v) is 3.13. The molecule has 4 atom stereocenters. The van der Waals surface area contributed by atoms with Crippen molar-refractivity contribution in [1.82, 2.24) is 0 Å². The molecular weight excluding hydrogens is 252 g/mol. The first-order valence-electron chi connectivity index (χ1n) is 5.89. The van der Waals surface area contributed by atoms with Crippen LogP contribution < -0.4 is 0 Å². The second kappa shape index (κ2) is 5.26. The summed E-state index contributed by atoms with van der Waals surface area (Å²) in [6, 6.07) is 8.23. The minimum absolute atomic E-state index is 0.309. The van der Waals surface area contributed by atoms with Crippen molar-refractivity contribution in [3.05, 3.63) is 35.9 Å². The van der Waals surface area contributed by atoms with Gasteiger partial charge in [0.1, 0.15) is 12.2 Å². The Kier molecular flexibility index (Phi) is 3.86. The van der Waals surface area contributed by atoms with Crippen molar-refractivity contribution < 1.29 is 29.6 Å². The highest BCUT2D eigenvalue weighted by atomic mass is 16.7. The van der Waals surface area contributed by atoms with E-state index in [9.17, 15) is 15.0 Å². The molecule has 104 valence electrons. The van der Waals surface area contributed by atoms with Crippen LogP contribution in [0.25, 0.3) is 0 Å². The molecule has 1 aromatic rings. The molecule has 6 heteroatoms. The molecule has 19 heavy (non-hydrogen) atoms. The largest absolute Gasteiger partial charge is 0.429 e. The molecule has 1 fully saturated rings. The van der Waals surface area contributed by atoms with Crippen LogP contribution in [-0.2, 0) is 9.47 Å². The summed E-state index contributed by atoms with van der Waals surface area (Å²) in [5.74, 6) is -0.670. The monoisotopic (exact) mass is 268 g/mol. The molecule has 0 aromatic heterocycles. The summed E-state index contributed by atoms with van der Waals surface area (Å²) in [4.78, 5) is 11.8. The van der Waals surface area contributed by atoms with Gasteiger partial charge < -0.3 is 24.8 Å². The first-order valence-corrected chi connectivity index (χ1v) is 5.89.